The number of carbonyl (C=O) groups is 2. The molecule has 4 rings (SSSR count). The third kappa shape index (κ3) is 6.59. The fourth-order valence-corrected chi connectivity index (χ4v) is 4.72. The van der Waals surface area contributed by atoms with Crippen LogP contribution in [-0.4, -0.2) is 49.5 Å². The van der Waals surface area contributed by atoms with Gasteiger partial charge in [-0.2, -0.15) is 0 Å². The van der Waals surface area contributed by atoms with Crippen LogP contribution < -0.4 is 21.5 Å². The van der Waals surface area contributed by atoms with E-state index in [9.17, 15) is 22.4 Å². The minimum absolute atomic E-state index is 0.0203. The zero-order chi connectivity index (χ0) is 29.4. The number of rotatable bonds is 9. The fourth-order valence-electron chi connectivity index (χ4n) is 4.03. The van der Waals surface area contributed by atoms with Crippen LogP contribution in [0.3, 0.4) is 0 Å². The molecule has 40 heavy (non-hydrogen) atoms. The molecule has 0 fully saturated rings. The van der Waals surface area contributed by atoms with E-state index in [1.54, 1.807) is 6.07 Å². The first kappa shape index (κ1) is 30.6. The van der Waals surface area contributed by atoms with Gasteiger partial charge in [0, 0.05) is 46.1 Å². The molecule has 5 N–H and O–H groups in total. The summed E-state index contributed by atoms with van der Waals surface area (Å²) in [5.41, 5.74) is 9.84. The summed E-state index contributed by atoms with van der Waals surface area (Å²) in [6.45, 7) is 4.64. The second kappa shape index (κ2) is 13.4. The molecule has 1 aliphatic heterocycles. The molecule has 0 saturated heterocycles. The number of thioether (sulfide) groups is 1. The average Bonchev–Trinajstić information content (AvgIpc) is 3.27. The minimum atomic E-state index is -2.69. The Bertz CT molecular complexity index is 1390. The van der Waals surface area contributed by atoms with E-state index in [-0.39, 0.29) is 48.9 Å². The Morgan fingerprint density at radius 2 is 1.95 bits per heavy atom. The van der Waals surface area contributed by atoms with Crippen LogP contribution in [0.15, 0.2) is 52.4 Å². The van der Waals surface area contributed by atoms with E-state index >= 15 is 0 Å². The van der Waals surface area contributed by atoms with Gasteiger partial charge in [0.1, 0.15) is 29.6 Å². The third-order valence-corrected chi connectivity index (χ3v) is 6.90. The molecule has 1 atom stereocenters. The van der Waals surface area contributed by atoms with Gasteiger partial charge in [-0.1, -0.05) is 0 Å². The number of pyridine rings is 1. The molecule has 2 amide bonds. The molecular weight excluding hydrogens is 550 g/mol. The number of aromatic nitrogens is 1. The summed E-state index contributed by atoms with van der Waals surface area (Å²) in [4.78, 5) is 29.9. The normalized spacial score (nSPS) is 15.5. The molecule has 2 aromatic carbocycles. The molecule has 0 saturated carbocycles. The van der Waals surface area contributed by atoms with E-state index in [2.05, 4.69) is 27.7 Å². The molecule has 0 radical (unpaired) electrons. The quantitative estimate of drug-likeness (QED) is 0.114. The predicted octanol–water partition coefficient (Wildman–Crippen LogP) is 4.36. The van der Waals surface area contributed by atoms with Gasteiger partial charge in [-0.15, -0.1) is 11.8 Å². The van der Waals surface area contributed by atoms with Crippen molar-refractivity contribution in [2.24, 2.45) is 16.5 Å². The van der Waals surface area contributed by atoms with E-state index < -0.39 is 29.4 Å². The molecule has 0 bridgehead atoms. The van der Waals surface area contributed by atoms with E-state index in [0.717, 1.165) is 17.8 Å². The number of nitrogens with two attached hydrogens (primary N) is 2. The molecule has 1 aliphatic rings. The van der Waals surface area contributed by atoms with Crippen molar-refractivity contribution in [1.82, 2.24) is 10.3 Å². The maximum atomic E-state index is 14.4. The molecule has 212 valence electrons. The SMILES string of the molecule is C=Nc1c(F)cc(C(=O)NCCc2cc3c(c(-c4ccc(F)cc4)n2)OCC3(C)C(F)F)cc1SCN.NC=O. The number of nitrogens with one attached hydrogen (secondary N) is 1. The summed E-state index contributed by atoms with van der Waals surface area (Å²) in [6, 6.07) is 9.59. The lowest BCUT2D eigenvalue weighted by molar-refractivity contribution is -0.106. The van der Waals surface area contributed by atoms with Crippen LogP contribution in [0.5, 0.6) is 5.75 Å². The number of halogens is 4. The Morgan fingerprint density at radius 1 is 1.27 bits per heavy atom. The van der Waals surface area contributed by atoms with Gasteiger partial charge in [-0.3, -0.25) is 14.6 Å². The molecule has 0 spiro atoms. The van der Waals surface area contributed by atoms with E-state index in [1.165, 1.54) is 37.3 Å². The number of benzene rings is 2. The molecule has 1 aromatic heterocycles. The van der Waals surface area contributed by atoms with Crippen molar-refractivity contribution in [2.45, 2.75) is 30.1 Å². The maximum Gasteiger partial charge on any atom is 0.251 e. The van der Waals surface area contributed by atoms with Crippen LogP contribution in [0.25, 0.3) is 11.3 Å². The number of fused-ring (bicyclic) bond motifs is 1. The highest BCUT2D eigenvalue weighted by atomic mass is 32.2. The van der Waals surface area contributed by atoms with Crippen molar-refractivity contribution >= 4 is 36.5 Å². The van der Waals surface area contributed by atoms with Gasteiger partial charge in [0.2, 0.25) is 6.41 Å². The number of aliphatic imine (C=N–C) groups is 1. The van der Waals surface area contributed by atoms with Crippen molar-refractivity contribution in [1.29, 1.82) is 0 Å². The van der Waals surface area contributed by atoms with Crippen LogP contribution in [0.2, 0.25) is 0 Å². The Labute approximate surface area is 232 Å². The average molecular weight is 578 g/mol. The summed E-state index contributed by atoms with van der Waals surface area (Å²) in [5, 5.41) is 2.70. The summed E-state index contributed by atoms with van der Waals surface area (Å²) >= 11 is 1.12. The van der Waals surface area contributed by atoms with Crippen LogP contribution in [0, 0.1) is 11.6 Å². The molecule has 0 aliphatic carbocycles. The van der Waals surface area contributed by atoms with Gasteiger partial charge in [-0.25, -0.2) is 22.5 Å². The van der Waals surface area contributed by atoms with Gasteiger partial charge >= 0.3 is 0 Å². The van der Waals surface area contributed by atoms with Gasteiger partial charge in [0.25, 0.3) is 12.3 Å². The Hall–Kier alpha value is -3.97. The summed E-state index contributed by atoms with van der Waals surface area (Å²) in [5.74, 6) is -1.28. The van der Waals surface area contributed by atoms with Crippen LogP contribution in [-0.2, 0) is 16.6 Å². The largest absolute Gasteiger partial charge is 0.490 e. The fraction of sp³-hybridized carbons (Fsp3) is 0.259. The van der Waals surface area contributed by atoms with Gasteiger partial charge in [-0.05, 0) is 56.1 Å². The summed E-state index contributed by atoms with van der Waals surface area (Å²) < 4.78 is 61.5. The van der Waals surface area contributed by atoms with Gasteiger partial charge in [0.05, 0.1) is 5.41 Å². The first-order valence-corrected chi connectivity index (χ1v) is 12.9. The van der Waals surface area contributed by atoms with Crippen LogP contribution in [0.1, 0.15) is 28.5 Å². The first-order chi connectivity index (χ1) is 19.1. The third-order valence-electron chi connectivity index (χ3n) is 6.11. The van der Waals surface area contributed by atoms with Crippen LogP contribution in [0.4, 0.5) is 23.2 Å². The Morgan fingerprint density at radius 3 is 2.55 bits per heavy atom. The van der Waals surface area contributed by atoms with Crippen molar-refractivity contribution in [3.05, 3.63) is 70.9 Å². The van der Waals surface area contributed by atoms with Crippen LogP contribution >= 0.6 is 11.8 Å². The summed E-state index contributed by atoms with van der Waals surface area (Å²) in [6.07, 6.45) is -2.24. The number of amides is 2. The summed E-state index contributed by atoms with van der Waals surface area (Å²) in [7, 11) is 0. The topological polar surface area (TPSA) is 133 Å². The second-order valence-electron chi connectivity index (χ2n) is 8.77. The maximum absolute atomic E-state index is 14.4. The van der Waals surface area contributed by atoms with Crippen molar-refractivity contribution < 1.29 is 31.9 Å². The molecular formula is C27H27F4N5O3S. The monoisotopic (exact) mass is 577 g/mol. The highest BCUT2D eigenvalue weighted by Gasteiger charge is 2.46. The number of alkyl halides is 2. The van der Waals surface area contributed by atoms with E-state index in [1.807, 2.05) is 0 Å². The number of carbonyl (C=O) groups excluding carboxylic acids is 2. The standard InChI is InChI=1S/C26H24F4N4O2S.CH3NO/c1-26(25(29)30)12-36-23-18(26)11-17(34-21(23)14-3-5-16(27)6-4-14)7-8-33-24(35)15-9-19(28)22(32-2)20(10-15)37-13-31;2-1-3/h3-6,9-11,25H,2,7-8,12-13,31H2,1H3,(H,33,35);1H,(H2,2,3). The highest BCUT2D eigenvalue weighted by molar-refractivity contribution is 7.99. The smallest absolute Gasteiger partial charge is 0.251 e. The zero-order valence-electron chi connectivity index (χ0n) is 21.4. The zero-order valence-corrected chi connectivity index (χ0v) is 22.2. The molecule has 1 unspecified atom stereocenters. The predicted molar refractivity (Wildman–Crippen MR) is 145 cm³/mol. The van der Waals surface area contributed by atoms with E-state index in [4.69, 9.17) is 15.3 Å². The molecule has 8 nitrogen and oxygen atoms in total. The van der Waals surface area contributed by atoms with E-state index in [0.29, 0.717) is 27.4 Å². The highest BCUT2D eigenvalue weighted by Crippen LogP contribution is 2.47. The minimum Gasteiger partial charge on any atom is -0.490 e. The number of hydrogen-bond acceptors (Lipinski definition) is 7. The molecule has 2 heterocycles. The number of primary amides is 1. The van der Waals surface area contributed by atoms with Gasteiger partial charge < -0.3 is 21.5 Å². The van der Waals surface area contributed by atoms with Crippen molar-refractivity contribution in [2.75, 3.05) is 19.0 Å². The number of ether oxygens (including phenoxy) is 1. The van der Waals surface area contributed by atoms with Crippen molar-refractivity contribution in [3.63, 3.8) is 0 Å². The number of hydrogen-bond donors (Lipinski definition) is 3. The van der Waals surface area contributed by atoms with Crippen molar-refractivity contribution in [3.8, 4) is 17.0 Å². The lowest BCUT2D eigenvalue weighted by Gasteiger charge is -2.22. The Kier molecular flexibility index (Phi) is 10.2. The lowest BCUT2D eigenvalue weighted by atomic mass is 9.84. The Balaban J connectivity index is 0.00000141. The molecule has 3 aromatic rings. The second-order valence-corrected chi connectivity index (χ2v) is 9.83. The lowest BCUT2D eigenvalue weighted by Crippen LogP contribution is -2.32. The molecule has 13 heteroatoms. The van der Waals surface area contributed by atoms with Gasteiger partial charge in [0.15, 0.2) is 5.82 Å². The first-order valence-electron chi connectivity index (χ1n) is 11.9. The number of nitrogens with zero attached hydrogens (tertiary/aromatic N) is 2.